The van der Waals surface area contributed by atoms with Crippen LogP contribution in [0.15, 0.2) is 28.7 Å². The summed E-state index contributed by atoms with van der Waals surface area (Å²) in [6.07, 6.45) is 3.14. The third-order valence-corrected chi connectivity index (χ3v) is 4.38. The molecular weight excluding hydrogens is 332 g/mol. The van der Waals surface area contributed by atoms with Crippen molar-refractivity contribution in [2.45, 2.75) is 39.2 Å². The Bertz CT molecular complexity index is 526. The third kappa shape index (κ3) is 4.84. The summed E-state index contributed by atoms with van der Waals surface area (Å²) >= 11 is 3.32. The second-order valence-corrected chi connectivity index (χ2v) is 7.28. The van der Waals surface area contributed by atoms with Gasteiger partial charge in [0, 0.05) is 16.1 Å². The fourth-order valence-electron chi connectivity index (χ4n) is 2.70. The quantitative estimate of drug-likeness (QED) is 0.875. The van der Waals surface area contributed by atoms with E-state index in [2.05, 4.69) is 40.4 Å². The van der Waals surface area contributed by atoms with Gasteiger partial charge in [-0.25, -0.2) is 0 Å². The average molecular weight is 353 g/mol. The summed E-state index contributed by atoms with van der Waals surface area (Å²) in [6, 6.07) is 7.27. The van der Waals surface area contributed by atoms with Gasteiger partial charge >= 0.3 is 0 Å². The normalized spacial score (nSPS) is 20.0. The van der Waals surface area contributed by atoms with Gasteiger partial charge in [0.2, 0.25) is 5.91 Å². The van der Waals surface area contributed by atoms with Crippen molar-refractivity contribution in [3.8, 4) is 0 Å². The minimum atomic E-state index is -0.232. The third-order valence-electron chi connectivity index (χ3n) is 3.85. The number of halogens is 1. The van der Waals surface area contributed by atoms with E-state index in [0.29, 0.717) is 11.0 Å². The van der Waals surface area contributed by atoms with E-state index in [-0.39, 0.29) is 24.4 Å². The van der Waals surface area contributed by atoms with Crippen molar-refractivity contribution in [3.63, 3.8) is 0 Å². The van der Waals surface area contributed by atoms with Crippen LogP contribution < -0.4 is 10.6 Å². The zero-order chi connectivity index (χ0) is 15.5. The molecule has 1 atom stereocenters. The molecule has 21 heavy (non-hydrogen) atoms. The number of hydrogen-bond acceptors (Lipinski definition) is 2. The predicted molar refractivity (Wildman–Crippen MR) is 86.0 cm³/mol. The predicted octanol–water partition coefficient (Wildman–Crippen LogP) is 2.87. The first-order valence-electron chi connectivity index (χ1n) is 7.19. The Balaban J connectivity index is 1.76. The zero-order valence-corrected chi connectivity index (χ0v) is 14.0. The number of amides is 2. The van der Waals surface area contributed by atoms with Crippen molar-refractivity contribution in [1.29, 1.82) is 0 Å². The van der Waals surface area contributed by atoms with Gasteiger partial charge in [0.05, 0.1) is 6.54 Å². The summed E-state index contributed by atoms with van der Waals surface area (Å²) in [7, 11) is 0. The van der Waals surface area contributed by atoms with Crippen molar-refractivity contribution < 1.29 is 9.59 Å². The van der Waals surface area contributed by atoms with Gasteiger partial charge in [-0.2, -0.15) is 0 Å². The van der Waals surface area contributed by atoms with Crippen LogP contribution >= 0.6 is 15.9 Å². The fourth-order valence-corrected chi connectivity index (χ4v) is 2.97. The van der Waals surface area contributed by atoms with E-state index in [1.807, 2.05) is 0 Å². The van der Waals surface area contributed by atoms with Gasteiger partial charge in [-0.15, -0.1) is 0 Å². The van der Waals surface area contributed by atoms with E-state index in [4.69, 9.17) is 0 Å². The lowest BCUT2D eigenvalue weighted by Gasteiger charge is -2.18. The van der Waals surface area contributed by atoms with Crippen LogP contribution in [0.25, 0.3) is 0 Å². The highest BCUT2D eigenvalue weighted by atomic mass is 79.9. The number of rotatable bonds is 4. The number of benzene rings is 1. The second kappa shape index (κ2) is 6.60. The minimum Gasteiger partial charge on any atom is -0.352 e. The van der Waals surface area contributed by atoms with Crippen LogP contribution in [0.4, 0.5) is 0 Å². The van der Waals surface area contributed by atoms with E-state index in [1.165, 1.54) is 0 Å². The summed E-state index contributed by atoms with van der Waals surface area (Å²) in [6.45, 7) is 4.45. The molecule has 1 aromatic carbocycles. The Morgan fingerprint density at radius 2 is 1.95 bits per heavy atom. The maximum atomic E-state index is 11.9. The first-order chi connectivity index (χ1) is 9.85. The Morgan fingerprint density at radius 3 is 2.52 bits per heavy atom. The smallest absolute Gasteiger partial charge is 0.251 e. The topological polar surface area (TPSA) is 58.2 Å². The molecule has 2 N–H and O–H groups in total. The monoisotopic (exact) mass is 352 g/mol. The lowest BCUT2D eigenvalue weighted by molar-refractivity contribution is -0.120. The van der Waals surface area contributed by atoms with Crippen LogP contribution in [0.3, 0.4) is 0 Å². The van der Waals surface area contributed by atoms with Crippen LogP contribution in [-0.4, -0.2) is 24.4 Å². The van der Waals surface area contributed by atoms with Crippen LogP contribution in [-0.2, 0) is 4.79 Å². The number of carbonyl (C=O) groups excluding carboxylic acids is 2. The maximum Gasteiger partial charge on any atom is 0.251 e. The molecule has 1 aromatic rings. The molecule has 0 heterocycles. The Kier molecular flexibility index (Phi) is 5.04. The molecule has 2 amide bonds. The molecule has 114 valence electrons. The van der Waals surface area contributed by atoms with Gasteiger partial charge < -0.3 is 10.6 Å². The SMILES string of the molecule is CC1(C)CCC(NC(=O)CNC(=O)c2ccc(Br)cc2)C1. The van der Waals surface area contributed by atoms with Crippen LogP contribution in [0.2, 0.25) is 0 Å². The summed E-state index contributed by atoms with van der Waals surface area (Å²) in [5.74, 6) is -0.354. The fraction of sp³-hybridized carbons (Fsp3) is 0.500. The van der Waals surface area contributed by atoms with Gasteiger partial charge in [-0.05, 0) is 48.9 Å². The maximum absolute atomic E-state index is 11.9. The van der Waals surface area contributed by atoms with Gasteiger partial charge in [0.15, 0.2) is 0 Å². The van der Waals surface area contributed by atoms with E-state index in [1.54, 1.807) is 24.3 Å². The molecule has 1 saturated carbocycles. The molecule has 5 heteroatoms. The van der Waals surface area contributed by atoms with Crippen molar-refractivity contribution in [1.82, 2.24) is 10.6 Å². The summed E-state index contributed by atoms with van der Waals surface area (Å²) in [5, 5.41) is 5.64. The van der Waals surface area contributed by atoms with Gasteiger partial charge in [-0.1, -0.05) is 29.8 Å². The lowest BCUT2D eigenvalue weighted by atomic mass is 9.92. The molecule has 0 radical (unpaired) electrons. The molecule has 2 rings (SSSR count). The van der Waals surface area contributed by atoms with Crippen molar-refractivity contribution >= 4 is 27.7 Å². The van der Waals surface area contributed by atoms with E-state index in [0.717, 1.165) is 23.7 Å². The zero-order valence-electron chi connectivity index (χ0n) is 12.4. The van der Waals surface area contributed by atoms with E-state index >= 15 is 0 Å². The number of nitrogens with one attached hydrogen (secondary N) is 2. The molecule has 0 saturated heterocycles. The summed E-state index contributed by atoms with van der Waals surface area (Å²) in [5.41, 5.74) is 0.853. The molecule has 1 unspecified atom stereocenters. The lowest BCUT2D eigenvalue weighted by Crippen LogP contribution is -2.41. The highest BCUT2D eigenvalue weighted by Crippen LogP contribution is 2.36. The first kappa shape index (κ1) is 16.0. The summed E-state index contributed by atoms with van der Waals surface area (Å²) in [4.78, 5) is 23.8. The molecule has 0 bridgehead atoms. The molecule has 1 aliphatic carbocycles. The van der Waals surface area contributed by atoms with Crippen molar-refractivity contribution in [2.75, 3.05) is 6.54 Å². The minimum absolute atomic E-state index is 0.0197. The van der Waals surface area contributed by atoms with Crippen molar-refractivity contribution in [2.24, 2.45) is 5.41 Å². The highest BCUT2D eigenvalue weighted by Gasteiger charge is 2.31. The van der Waals surface area contributed by atoms with E-state index < -0.39 is 0 Å². The largest absolute Gasteiger partial charge is 0.352 e. The Labute approximate surface area is 133 Å². The average Bonchev–Trinajstić information content (AvgIpc) is 2.76. The van der Waals surface area contributed by atoms with Crippen LogP contribution in [0.1, 0.15) is 43.5 Å². The molecule has 0 aliphatic heterocycles. The summed E-state index contributed by atoms with van der Waals surface area (Å²) < 4.78 is 0.917. The Morgan fingerprint density at radius 1 is 1.29 bits per heavy atom. The first-order valence-corrected chi connectivity index (χ1v) is 7.98. The molecule has 1 fully saturated rings. The highest BCUT2D eigenvalue weighted by molar-refractivity contribution is 9.10. The van der Waals surface area contributed by atoms with Crippen molar-refractivity contribution in [3.05, 3.63) is 34.3 Å². The molecular formula is C16H21BrN2O2. The van der Waals surface area contributed by atoms with Gasteiger partial charge in [-0.3, -0.25) is 9.59 Å². The van der Waals surface area contributed by atoms with E-state index in [9.17, 15) is 9.59 Å². The number of hydrogen-bond donors (Lipinski definition) is 2. The van der Waals surface area contributed by atoms with Gasteiger partial charge in [0.25, 0.3) is 5.91 Å². The second-order valence-electron chi connectivity index (χ2n) is 6.36. The number of carbonyl (C=O) groups is 2. The molecule has 4 nitrogen and oxygen atoms in total. The standard InChI is InChI=1S/C16H21BrN2O2/c1-16(2)8-7-13(9-16)19-14(20)10-18-15(21)11-3-5-12(17)6-4-11/h3-6,13H,7-10H2,1-2H3,(H,18,21)(H,19,20). The molecule has 0 spiro atoms. The van der Waals surface area contributed by atoms with Crippen LogP contribution in [0, 0.1) is 5.41 Å². The Hall–Kier alpha value is -1.36. The molecule has 1 aliphatic rings. The van der Waals surface area contributed by atoms with Gasteiger partial charge in [0.1, 0.15) is 0 Å². The van der Waals surface area contributed by atoms with Crippen LogP contribution in [0.5, 0.6) is 0 Å². The molecule has 0 aromatic heterocycles.